The number of rotatable bonds is 6. The van der Waals surface area contributed by atoms with Crippen LogP contribution < -0.4 is 4.90 Å². The molecule has 0 aliphatic rings. The van der Waals surface area contributed by atoms with Gasteiger partial charge in [-0.15, -0.1) is 6.58 Å². The lowest BCUT2D eigenvalue weighted by atomic mass is 10.2. The number of likely N-dealkylation sites (N-methyl/N-ethyl adjacent to an activating group) is 1. The fraction of sp³-hybridized carbons (Fsp3) is 0.200. The minimum Gasteiger partial charge on any atom is -0.345 e. The Bertz CT molecular complexity index is 403. The molecule has 0 spiro atoms. The summed E-state index contributed by atoms with van der Waals surface area (Å²) in [6.07, 6.45) is 7.83. The molecule has 0 saturated carbocycles. The summed E-state index contributed by atoms with van der Waals surface area (Å²) in [6.45, 7) is 7.64. The second kappa shape index (κ2) is 6.69. The van der Waals surface area contributed by atoms with Crippen molar-refractivity contribution in [1.82, 2.24) is 0 Å². The number of hydrogen-bond donors (Lipinski definition) is 0. The van der Waals surface area contributed by atoms with E-state index >= 15 is 0 Å². The predicted octanol–water partition coefficient (Wildman–Crippen LogP) is 4.30. The molecule has 0 aromatic heterocycles. The Morgan fingerprint density at radius 2 is 1.94 bits per heavy atom. The molecule has 0 aliphatic heterocycles. The van der Waals surface area contributed by atoms with Crippen LogP contribution in [0.1, 0.15) is 12.8 Å². The van der Waals surface area contributed by atoms with Crippen LogP contribution in [0.2, 0.25) is 0 Å². The predicted molar refractivity (Wildman–Crippen MR) is 72.5 cm³/mol. The first kappa shape index (κ1) is 13.2. The Labute approximate surface area is 103 Å². The topological polar surface area (TPSA) is 3.24 Å². The number of halogens is 1. The van der Waals surface area contributed by atoms with Crippen LogP contribution in [0.4, 0.5) is 10.1 Å². The van der Waals surface area contributed by atoms with Gasteiger partial charge in [-0.25, -0.2) is 4.39 Å². The Balaban J connectivity index is 2.60. The van der Waals surface area contributed by atoms with Crippen LogP contribution in [-0.2, 0) is 0 Å². The summed E-state index contributed by atoms with van der Waals surface area (Å²) in [4.78, 5) is 1.92. The number of hydrogen-bond acceptors (Lipinski definition) is 1. The highest BCUT2D eigenvalue weighted by Crippen LogP contribution is 2.17. The highest BCUT2D eigenvalue weighted by Gasteiger charge is 2.01. The third kappa shape index (κ3) is 4.27. The summed E-state index contributed by atoms with van der Waals surface area (Å²) in [6, 6.07) is 6.36. The van der Waals surface area contributed by atoms with Crippen molar-refractivity contribution in [2.24, 2.45) is 0 Å². The highest BCUT2D eigenvalue weighted by molar-refractivity contribution is 5.52. The molecule has 0 bridgehead atoms. The maximum atomic E-state index is 12.8. The number of allylic oxidation sites excluding steroid dienone is 3. The van der Waals surface area contributed by atoms with Crippen molar-refractivity contribution < 1.29 is 4.39 Å². The van der Waals surface area contributed by atoms with Crippen LogP contribution in [0.25, 0.3) is 0 Å². The number of benzene rings is 1. The van der Waals surface area contributed by atoms with E-state index in [1.807, 2.05) is 24.1 Å². The summed E-state index contributed by atoms with van der Waals surface area (Å²) in [5.74, 6) is -0.228. The van der Waals surface area contributed by atoms with Gasteiger partial charge in [0.05, 0.1) is 0 Å². The van der Waals surface area contributed by atoms with Crippen LogP contribution in [0, 0.1) is 5.82 Å². The molecular formula is C15H18FN. The second-order valence-corrected chi connectivity index (χ2v) is 3.80. The quantitative estimate of drug-likeness (QED) is 0.401. The van der Waals surface area contributed by atoms with Crippen LogP contribution >= 0.6 is 0 Å². The van der Waals surface area contributed by atoms with E-state index in [-0.39, 0.29) is 5.82 Å². The standard InChI is InChI=1S/C15H18FN/c1-4-5-6-7-8-13(2)17(3)15-11-9-14(16)10-12-15/h4,7-12H,1-2,5-6H2,3H3. The molecule has 0 atom stereocenters. The number of nitrogens with zero attached hydrogens (tertiary/aromatic N) is 1. The first-order chi connectivity index (χ1) is 8.15. The Morgan fingerprint density at radius 1 is 1.29 bits per heavy atom. The zero-order valence-corrected chi connectivity index (χ0v) is 10.2. The van der Waals surface area contributed by atoms with Crippen molar-refractivity contribution in [1.29, 1.82) is 0 Å². The van der Waals surface area contributed by atoms with Gasteiger partial charge in [0.1, 0.15) is 5.82 Å². The van der Waals surface area contributed by atoms with Crippen molar-refractivity contribution in [2.45, 2.75) is 12.8 Å². The maximum Gasteiger partial charge on any atom is 0.123 e. The Kier molecular flexibility index (Phi) is 5.21. The lowest BCUT2D eigenvalue weighted by Crippen LogP contribution is -2.13. The molecule has 1 nitrogen and oxygen atoms in total. The van der Waals surface area contributed by atoms with Crippen LogP contribution in [0.15, 0.2) is 61.3 Å². The van der Waals surface area contributed by atoms with E-state index in [1.54, 1.807) is 12.1 Å². The normalized spacial score (nSPS) is 10.5. The summed E-state index contributed by atoms with van der Waals surface area (Å²) in [5.41, 5.74) is 1.80. The molecule has 0 radical (unpaired) electrons. The number of unbranched alkanes of at least 4 members (excludes halogenated alkanes) is 1. The van der Waals surface area contributed by atoms with E-state index in [4.69, 9.17) is 0 Å². The largest absolute Gasteiger partial charge is 0.345 e. The van der Waals surface area contributed by atoms with Crippen molar-refractivity contribution in [2.75, 3.05) is 11.9 Å². The Hall–Kier alpha value is -1.83. The molecule has 0 heterocycles. The minimum absolute atomic E-state index is 0.228. The molecule has 17 heavy (non-hydrogen) atoms. The molecule has 0 N–H and O–H groups in total. The van der Waals surface area contributed by atoms with Crippen LogP contribution in [-0.4, -0.2) is 7.05 Å². The molecule has 0 amide bonds. The van der Waals surface area contributed by atoms with Crippen LogP contribution in [0.5, 0.6) is 0 Å². The van der Waals surface area contributed by atoms with Gasteiger partial charge in [-0.1, -0.05) is 18.7 Å². The van der Waals surface area contributed by atoms with E-state index in [1.165, 1.54) is 12.1 Å². The summed E-state index contributed by atoms with van der Waals surface area (Å²) in [7, 11) is 1.91. The van der Waals surface area contributed by atoms with E-state index in [9.17, 15) is 4.39 Å². The zero-order valence-electron chi connectivity index (χ0n) is 10.2. The van der Waals surface area contributed by atoms with Crippen molar-refractivity contribution >= 4 is 5.69 Å². The molecule has 0 saturated heterocycles. The smallest absolute Gasteiger partial charge is 0.123 e. The van der Waals surface area contributed by atoms with Crippen molar-refractivity contribution in [3.05, 3.63) is 67.2 Å². The van der Waals surface area contributed by atoms with E-state index in [2.05, 4.69) is 19.2 Å². The molecule has 1 aromatic carbocycles. The fourth-order valence-electron chi connectivity index (χ4n) is 1.38. The average molecular weight is 231 g/mol. The van der Waals surface area contributed by atoms with E-state index in [0.717, 1.165) is 24.2 Å². The summed E-state index contributed by atoms with van der Waals surface area (Å²) >= 11 is 0. The second-order valence-electron chi connectivity index (χ2n) is 3.80. The van der Waals surface area contributed by atoms with E-state index < -0.39 is 0 Å². The fourth-order valence-corrected chi connectivity index (χ4v) is 1.38. The van der Waals surface area contributed by atoms with Gasteiger partial charge < -0.3 is 4.90 Å². The van der Waals surface area contributed by atoms with Gasteiger partial charge in [0.25, 0.3) is 0 Å². The molecular weight excluding hydrogens is 213 g/mol. The molecule has 90 valence electrons. The van der Waals surface area contributed by atoms with E-state index in [0.29, 0.717) is 0 Å². The first-order valence-corrected chi connectivity index (χ1v) is 5.61. The third-order valence-electron chi connectivity index (χ3n) is 2.49. The van der Waals surface area contributed by atoms with Crippen molar-refractivity contribution in [3.63, 3.8) is 0 Å². The monoisotopic (exact) mass is 231 g/mol. The summed E-state index contributed by atoms with van der Waals surface area (Å²) in [5, 5.41) is 0. The highest BCUT2D eigenvalue weighted by atomic mass is 19.1. The van der Waals surface area contributed by atoms with Gasteiger partial charge in [-0.05, 0) is 43.2 Å². The third-order valence-corrected chi connectivity index (χ3v) is 2.49. The van der Waals surface area contributed by atoms with Crippen molar-refractivity contribution in [3.8, 4) is 0 Å². The Morgan fingerprint density at radius 3 is 2.53 bits per heavy atom. The minimum atomic E-state index is -0.228. The number of anilines is 1. The molecule has 1 aromatic rings. The van der Waals surface area contributed by atoms with Gasteiger partial charge in [0.2, 0.25) is 0 Å². The van der Waals surface area contributed by atoms with Gasteiger partial charge in [0, 0.05) is 18.4 Å². The summed E-state index contributed by atoms with van der Waals surface area (Å²) < 4.78 is 12.8. The maximum absolute atomic E-state index is 12.8. The van der Waals surface area contributed by atoms with Gasteiger partial charge >= 0.3 is 0 Å². The molecule has 0 unspecified atom stereocenters. The molecule has 0 fully saturated rings. The molecule has 1 rings (SSSR count). The lowest BCUT2D eigenvalue weighted by molar-refractivity contribution is 0.628. The SMILES string of the molecule is C=CCCC=CC(=C)N(C)c1ccc(F)cc1. The van der Waals surface area contributed by atoms with Gasteiger partial charge in [-0.2, -0.15) is 0 Å². The zero-order chi connectivity index (χ0) is 12.7. The van der Waals surface area contributed by atoms with Crippen LogP contribution in [0.3, 0.4) is 0 Å². The molecule has 2 heteroatoms. The lowest BCUT2D eigenvalue weighted by Gasteiger charge is -2.19. The average Bonchev–Trinajstić information content (AvgIpc) is 2.34. The molecule has 0 aliphatic carbocycles. The van der Waals surface area contributed by atoms with Gasteiger partial charge in [0.15, 0.2) is 0 Å². The van der Waals surface area contributed by atoms with Gasteiger partial charge in [-0.3, -0.25) is 0 Å². The first-order valence-electron chi connectivity index (χ1n) is 5.61.